The van der Waals surface area contributed by atoms with Crippen molar-refractivity contribution in [1.82, 2.24) is 0 Å². The molecule has 0 fully saturated rings. The van der Waals surface area contributed by atoms with E-state index >= 15 is 0 Å². The predicted octanol–water partition coefficient (Wildman–Crippen LogP) is 3.17. The zero-order valence-electron chi connectivity index (χ0n) is 6.10. The quantitative estimate of drug-likeness (QED) is 0.669. The number of benzene rings is 1. The lowest BCUT2D eigenvalue weighted by atomic mass is 10.2. The van der Waals surface area contributed by atoms with Gasteiger partial charge >= 0.3 is 0 Å². The highest BCUT2D eigenvalue weighted by atomic mass is 35.5. The van der Waals surface area contributed by atoms with Crippen LogP contribution in [0.3, 0.4) is 0 Å². The molecule has 0 N–H and O–H groups in total. The lowest BCUT2D eigenvalue weighted by Gasteiger charge is -1.99. The Balaban J connectivity index is 3.02. The summed E-state index contributed by atoms with van der Waals surface area (Å²) in [5.74, 6) is 0.0889. The van der Waals surface area contributed by atoms with Crippen LogP contribution >= 0.6 is 11.6 Å². The Labute approximate surface area is 69.6 Å². The van der Waals surface area contributed by atoms with Crippen molar-refractivity contribution in [3.05, 3.63) is 28.8 Å². The molecule has 0 unspecified atom stereocenters. The average molecular weight is 175 g/mol. The largest absolute Gasteiger partial charge is 0.293 e. The van der Waals surface area contributed by atoms with E-state index in [4.69, 9.17) is 11.6 Å². The van der Waals surface area contributed by atoms with Crippen LogP contribution in [0.5, 0.6) is 5.75 Å². The molecule has 0 aliphatic rings. The van der Waals surface area contributed by atoms with Gasteiger partial charge in [0.2, 0.25) is 0 Å². The van der Waals surface area contributed by atoms with E-state index in [9.17, 15) is 4.53 Å². The summed E-state index contributed by atoms with van der Waals surface area (Å²) in [6.07, 6.45) is 0.841. The summed E-state index contributed by atoms with van der Waals surface area (Å²) in [6, 6.07) is 5.04. The third-order valence-corrected chi connectivity index (χ3v) is 1.80. The van der Waals surface area contributed by atoms with Crippen LogP contribution in [-0.4, -0.2) is 0 Å². The minimum absolute atomic E-state index is 0.0889. The number of rotatable bonds is 2. The van der Waals surface area contributed by atoms with E-state index in [1.807, 2.05) is 13.0 Å². The molecule has 60 valence electrons. The maximum atomic E-state index is 11.7. The summed E-state index contributed by atoms with van der Waals surface area (Å²) >= 11 is 5.59. The summed E-state index contributed by atoms with van der Waals surface area (Å²) in [7, 11) is 0. The molecule has 0 atom stereocenters. The highest BCUT2D eigenvalue weighted by Crippen LogP contribution is 2.25. The summed E-state index contributed by atoms with van der Waals surface area (Å²) in [5, 5.41) is 0.296. The fraction of sp³-hybridized carbons (Fsp3) is 0.250. The smallest absolute Gasteiger partial charge is 0.190 e. The summed E-state index contributed by atoms with van der Waals surface area (Å²) in [6.45, 7) is 1.98. The highest BCUT2D eigenvalue weighted by molar-refractivity contribution is 6.32. The van der Waals surface area contributed by atoms with Crippen molar-refractivity contribution in [2.24, 2.45) is 0 Å². The molecule has 0 heterocycles. The summed E-state index contributed by atoms with van der Waals surface area (Å²) < 4.78 is 11.7. The van der Waals surface area contributed by atoms with E-state index in [0.717, 1.165) is 12.0 Å². The molecule has 0 amide bonds. The zero-order chi connectivity index (χ0) is 8.27. The van der Waals surface area contributed by atoms with Gasteiger partial charge in [-0.05, 0) is 24.1 Å². The molecule has 0 aliphatic carbocycles. The van der Waals surface area contributed by atoms with E-state index < -0.39 is 0 Å². The van der Waals surface area contributed by atoms with Gasteiger partial charge in [-0.25, -0.2) is 0 Å². The Bertz CT molecular complexity index is 250. The first-order valence-corrected chi connectivity index (χ1v) is 3.72. The Morgan fingerprint density at radius 2 is 2.27 bits per heavy atom. The van der Waals surface area contributed by atoms with Crippen molar-refractivity contribution in [3.63, 3.8) is 0 Å². The maximum Gasteiger partial charge on any atom is 0.190 e. The molecular weight excluding hydrogens is 167 g/mol. The Morgan fingerprint density at radius 3 is 2.82 bits per heavy atom. The van der Waals surface area contributed by atoms with E-state index in [0.29, 0.717) is 5.02 Å². The van der Waals surface area contributed by atoms with Crippen LogP contribution in [0.2, 0.25) is 5.02 Å². The summed E-state index contributed by atoms with van der Waals surface area (Å²) in [4.78, 5) is 3.56. The molecule has 0 radical (unpaired) electrons. The highest BCUT2D eigenvalue weighted by Gasteiger charge is 2.01. The van der Waals surface area contributed by atoms with Crippen molar-refractivity contribution in [3.8, 4) is 5.75 Å². The minimum atomic E-state index is 0.0889. The van der Waals surface area contributed by atoms with Gasteiger partial charge in [0, 0.05) is 4.53 Å². The Hall–Kier alpha value is -0.760. The fourth-order valence-corrected chi connectivity index (χ4v) is 0.974. The molecule has 0 saturated carbocycles. The Morgan fingerprint density at radius 1 is 1.55 bits per heavy atom. The molecule has 0 aliphatic heterocycles. The van der Waals surface area contributed by atoms with Gasteiger partial charge in [0.1, 0.15) is 0 Å². The molecule has 0 spiro atoms. The lowest BCUT2D eigenvalue weighted by molar-refractivity contribution is -0.00615. The monoisotopic (exact) mass is 174 g/mol. The maximum absolute atomic E-state index is 11.7. The van der Waals surface area contributed by atoms with Crippen molar-refractivity contribution in [1.29, 1.82) is 0 Å². The number of halogens is 2. The molecule has 0 aromatic heterocycles. The average Bonchev–Trinajstić information content (AvgIpc) is 2.05. The van der Waals surface area contributed by atoms with E-state index in [2.05, 4.69) is 4.94 Å². The van der Waals surface area contributed by atoms with Crippen LogP contribution in [0.4, 0.5) is 4.53 Å². The van der Waals surface area contributed by atoms with Crippen molar-refractivity contribution in [2.45, 2.75) is 13.3 Å². The van der Waals surface area contributed by atoms with Crippen LogP contribution in [0.1, 0.15) is 12.5 Å². The van der Waals surface area contributed by atoms with Gasteiger partial charge in [0.05, 0.1) is 5.02 Å². The van der Waals surface area contributed by atoms with E-state index in [1.165, 1.54) is 0 Å². The van der Waals surface area contributed by atoms with Crippen LogP contribution in [0.25, 0.3) is 0 Å². The molecule has 1 nitrogen and oxygen atoms in total. The second-order valence-electron chi connectivity index (χ2n) is 2.20. The molecule has 1 aromatic carbocycles. The molecular formula is C8H8ClFO. The normalized spacial score (nSPS) is 9.73. The minimum Gasteiger partial charge on any atom is -0.293 e. The third kappa shape index (κ3) is 1.84. The van der Waals surface area contributed by atoms with E-state index in [1.54, 1.807) is 12.1 Å². The van der Waals surface area contributed by atoms with Gasteiger partial charge in [0.15, 0.2) is 5.75 Å². The van der Waals surface area contributed by atoms with Crippen molar-refractivity contribution < 1.29 is 9.47 Å². The molecule has 1 rings (SSSR count). The second kappa shape index (κ2) is 3.58. The third-order valence-electron chi connectivity index (χ3n) is 1.49. The fourth-order valence-electron chi connectivity index (χ4n) is 0.827. The first kappa shape index (κ1) is 8.34. The summed E-state index contributed by atoms with van der Waals surface area (Å²) in [5.41, 5.74) is 1.00. The van der Waals surface area contributed by atoms with Gasteiger partial charge in [0.25, 0.3) is 0 Å². The van der Waals surface area contributed by atoms with Gasteiger partial charge in [-0.1, -0.05) is 24.6 Å². The first-order chi connectivity index (χ1) is 5.27. The van der Waals surface area contributed by atoms with Crippen molar-refractivity contribution >= 4 is 11.6 Å². The van der Waals surface area contributed by atoms with Crippen LogP contribution in [0, 0.1) is 0 Å². The molecule has 0 bridgehead atoms. The van der Waals surface area contributed by atoms with Gasteiger partial charge in [-0.2, -0.15) is 0 Å². The number of hydrogen-bond donors (Lipinski definition) is 0. The van der Waals surface area contributed by atoms with Gasteiger partial charge in [-0.15, -0.1) is 0 Å². The van der Waals surface area contributed by atoms with Crippen LogP contribution in [0.15, 0.2) is 18.2 Å². The first-order valence-electron chi connectivity index (χ1n) is 3.35. The lowest BCUT2D eigenvalue weighted by Crippen LogP contribution is -1.83. The molecule has 3 heteroatoms. The zero-order valence-corrected chi connectivity index (χ0v) is 6.86. The predicted molar refractivity (Wildman–Crippen MR) is 42.6 cm³/mol. The topological polar surface area (TPSA) is 9.23 Å². The van der Waals surface area contributed by atoms with Gasteiger partial charge in [-0.3, -0.25) is 4.94 Å². The van der Waals surface area contributed by atoms with Crippen LogP contribution < -0.4 is 4.94 Å². The SMILES string of the molecule is CCc1ccc(Cl)c(OF)c1. The van der Waals surface area contributed by atoms with Crippen LogP contribution in [-0.2, 0) is 6.42 Å². The Kier molecular flexibility index (Phi) is 2.71. The van der Waals surface area contributed by atoms with Gasteiger partial charge < -0.3 is 0 Å². The second-order valence-corrected chi connectivity index (χ2v) is 2.60. The molecule has 1 aromatic rings. The number of aryl methyl sites for hydroxylation is 1. The molecule has 0 saturated heterocycles. The standard InChI is InChI=1S/C8H8ClFO/c1-2-6-3-4-7(9)8(5-6)11-10/h3-5H,2H2,1H3. The molecule has 11 heavy (non-hydrogen) atoms. The number of hydrogen-bond acceptors (Lipinski definition) is 1. The van der Waals surface area contributed by atoms with E-state index in [-0.39, 0.29) is 5.75 Å². The van der Waals surface area contributed by atoms with Crippen molar-refractivity contribution in [2.75, 3.05) is 0 Å².